The van der Waals surface area contributed by atoms with E-state index in [2.05, 4.69) is 14.9 Å². The van der Waals surface area contributed by atoms with Crippen molar-refractivity contribution in [2.75, 3.05) is 13.1 Å². The van der Waals surface area contributed by atoms with Crippen molar-refractivity contribution in [1.82, 2.24) is 24.6 Å². The van der Waals surface area contributed by atoms with Crippen molar-refractivity contribution in [3.05, 3.63) is 42.0 Å². The summed E-state index contributed by atoms with van der Waals surface area (Å²) in [7, 11) is -3.95. The highest BCUT2D eigenvalue weighted by atomic mass is 32.2. The molecule has 3 N–H and O–H groups in total. The monoisotopic (exact) mass is 515 g/mol. The largest absolute Gasteiger partial charge is 0.361 e. The fourth-order valence-corrected chi connectivity index (χ4v) is 7.14. The number of carbonyl (C=O) groups excluding carboxylic acids is 1. The Kier molecular flexibility index (Phi) is 8.81. The average Bonchev–Trinajstić information content (AvgIpc) is 3.22. The average molecular weight is 516 g/mol. The Morgan fingerprint density at radius 1 is 1.33 bits per heavy atom. The number of rotatable bonds is 10. The molecule has 1 amide bonds. The maximum absolute atomic E-state index is 13.1. The smallest absolute Gasteiger partial charge is 0.280 e. The number of amides is 1. The molecule has 13 heteroatoms. The van der Waals surface area contributed by atoms with E-state index in [9.17, 15) is 18.4 Å². The molecule has 3 heterocycles. The van der Waals surface area contributed by atoms with Gasteiger partial charge in [0.25, 0.3) is 16.1 Å². The lowest BCUT2D eigenvalue weighted by molar-refractivity contribution is -0.131. The van der Waals surface area contributed by atoms with Crippen LogP contribution in [0.5, 0.6) is 0 Å². The Morgan fingerprint density at radius 3 is 2.58 bits per heavy atom. The van der Waals surface area contributed by atoms with Crippen LogP contribution in [0.4, 0.5) is 0 Å². The number of pyridine rings is 1. The van der Waals surface area contributed by atoms with Crippen LogP contribution in [0.1, 0.15) is 38.1 Å². The number of hydrogen-bond acceptors (Lipinski definition) is 9. The SMILES string of the molecule is Cc1cc(CSC(C)(C)[C@H](NS(=O)(=O)N2CCC(Sc3ccncc3)CC2)C(=O)NO)no1. The third-order valence-corrected chi connectivity index (χ3v) is 9.64. The van der Waals surface area contributed by atoms with Crippen LogP contribution in [0.3, 0.4) is 0 Å². The minimum Gasteiger partial charge on any atom is -0.361 e. The highest BCUT2D eigenvalue weighted by Gasteiger charge is 2.41. The Balaban J connectivity index is 1.62. The summed E-state index contributed by atoms with van der Waals surface area (Å²) < 4.78 is 34.3. The van der Waals surface area contributed by atoms with E-state index in [1.165, 1.54) is 16.1 Å². The molecule has 33 heavy (non-hydrogen) atoms. The standard InChI is InChI=1S/C20H29N5O5S3/c1-14-12-15(23-30-14)13-31-20(2,3)18(19(26)22-27)24-33(28,29)25-10-6-17(7-11-25)32-16-4-8-21-9-5-16/h4-5,8-9,12,17-18,24,27H,6-7,10-11,13H2,1-3H3,(H,22,26)/t18-/m1/s1. The van der Waals surface area contributed by atoms with Gasteiger partial charge >= 0.3 is 0 Å². The molecule has 0 radical (unpaired) electrons. The molecule has 0 spiro atoms. The molecule has 1 fully saturated rings. The van der Waals surface area contributed by atoms with Gasteiger partial charge in [0, 0.05) is 52.2 Å². The highest BCUT2D eigenvalue weighted by Crippen LogP contribution is 2.33. The van der Waals surface area contributed by atoms with E-state index in [1.807, 2.05) is 12.1 Å². The van der Waals surface area contributed by atoms with Gasteiger partial charge < -0.3 is 4.52 Å². The number of piperidine rings is 1. The second-order valence-corrected chi connectivity index (χ2v) is 13.0. The zero-order chi connectivity index (χ0) is 24.1. The Bertz CT molecular complexity index is 1020. The van der Waals surface area contributed by atoms with Crippen LogP contribution in [0.2, 0.25) is 0 Å². The van der Waals surface area contributed by atoms with Crippen LogP contribution in [-0.2, 0) is 20.8 Å². The van der Waals surface area contributed by atoms with Crippen molar-refractivity contribution < 1.29 is 22.9 Å². The summed E-state index contributed by atoms with van der Waals surface area (Å²) >= 11 is 3.05. The van der Waals surface area contributed by atoms with E-state index >= 15 is 0 Å². The second kappa shape index (κ2) is 11.2. The number of thioether (sulfide) groups is 2. The molecule has 2 aromatic heterocycles. The molecule has 182 valence electrons. The van der Waals surface area contributed by atoms with Gasteiger partial charge in [-0.25, -0.2) is 5.48 Å². The van der Waals surface area contributed by atoms with Gasteiger partial charge in [-0.05, 0) is 45.7 Å². The first-order chi connectivity index (χ1) is 15.6. The summed E-state index contributed by atoms with van der Waals surface area (Å²) in [4.78, 5) is 17.5. The fourth-order valence-electron chi connectivity index (χ4n) is 3.43. The zero-order valence-corrected chi connectivity index (χ0v) is 21.2. The van der Waals surface area contributed by atoms with Crippen molar-refractivity contribution in [3.8, 4) is 0 Å². The quantitative estimate of drug-likeness (QED) is 0.321. The molecule has 0 bridgehead atoms. The molecule has 1 aliphatic rings. The molecule has 10 nitrogen and oxygen atoms in total. The third-order valence-electron chi connectivity index (χ3n) is 5.30. The number of hydroxylamine groups is 1. The molecule has 0 unspecified atom stereocenters. The normalized spacial score (nSPS) is 17.1. The van der Waals surface area contributed by atoms with Gasteiger partial charge in [-0.2, -0.15) is 17.4 Å². The Labute approximate surface area is 202 Å². The van der Waals surface area contributed by atoms with Crippen molar-refractivity contribution >= 4 is 39.6 Å². The predicted molar refractivity (Wildman–Crippen MR) is 127 cm³/mol. The van der Waals surface area contributed by atoms with Crippen LogP contribution < -0.4 is 10.2 Å². The molecule has 0 aromatic carbocycles. The van der Waals surface area contributed by atoms with E-state index in [0.29, 0.717) is 48.4 Å². The summed E-state index contributed by atoms with van der Waals surface area (Å²) in [6, 6.07) is 4.46. The van der Waals surface area contributed by atoms with Crippen molar-refractivity contribution in [2.45, 2.75) is 60.3 Å². The molecule has 2 aromatic rings. The summed E-state index contributed by atoms with van der Waals surface area (Å²) in [5.41, 5.74) is 2.28. The Morgan fingerprint density at radius 2 is 2.00 bits per heavy atom. The molecule has 0 saturated carbocycles. The van der Waals surface area contributed by atoms with Crippen molar-refractivity contribution in [3.63, 3.8) is 0 Å². The molecule has 0 aliphatic carbocycles. The first-order valence-corrected chi connectivity index (χ1v) is 13.8. The number of carbonyl (C=O) groups is 1. The van der Waals surface area contributed by atoms with Crippen LogP contribution in [0.25, 0.3) is 0 Å². The number of hydrogen-bond donors (Lipinski definition) is 3. The summed E-state index contributed by atoms with van der Waals surface area (Å²) in [5.74, 6) is 0.258. The lowest BCUT2D eigenvalue weighted by atomic mass is 10.0. The molecule has 1 atom stereocenters. The highest BCUT2D eigenvalue weighted by molar-refractivity contribution is 8.00. The predicted octanol–water partition coefficient (Wildman–Crippen LogP) is 2.35. The van der Waals surface area contributed by atoms with E-state index < -0.39 is 26.9 Å². The van der Waals surface area contributed by atoms with Gasteiger partial charge in [0.15, 0.2) is 0 Å². The molecular weight excluding hydrogens is 486 g/mol. The molecule has 1 saturated heterocycles. The van der Waals surface area contributed by atoms with Crippen molar-refractivity contribution in [1.29, 1.82) is 0 Å². The summed E-state index contributed by atoms with van der Waals surface area (Å²) in [5, 5.41) is 13.5. The zero-order valence-electron chi connectivity index (χ0n) is 18.7. The van der Waals surface area contributed by atoms with Crippen LogP contribution in [0, 0.1) is 6.92 Å². The second-order valence-electron chi connectivity index (χ2n) is 8.25. The van der Waals surface area contributed by atoms with Gasteiger partial charge in [0.05, 0.1) is 5.69 Å². The number of nitrogens with one attached hydrogen (secondary N) is 2. The first-order valence-electron chi connectivity index (χ1n) is 10.4. The van der Waals surface area contributed by atoms with Gasteiger partial charge in [0.1, 0.15) is 11.8 Å². The van der Waals surface area contributed by atoms with E-state index in [1.54, 1.807) is 56.5 Å². The molecular formula is C20H29N5O5S3. The number of aryl methyl sites for hydroxylation is 1. The summed E-state index contributed by atoms with van der Waals surface area (Å²) in [6.07, 6.45) is 4.85. The minimum atomic E-state index is -3.95. The minimum absolute atomic E-state index is 0.299. The van der Waals surface area contributed by atoms with Crippen LogP contribution in [0.15, 0.2) is 40.0 Å². The van der Waals surface area contributed by atoms with Gasteiger partial charge in [-0.1, -0.05) is 5.16 Å². The van der Waals surface area contributed by atoms with E-state index in [-0.39, 0.29) is 0 Å². The number of aromatic nitrogens is 2. The number of nitrogens with zero attached hydrogens (tertiary/aromatic N) is 3. The first kappa shape index (κ1) is 26.0. The van der Waals surface area contributed by atoms with Gasteiger partial charge in [-0.3, -0.25) is 15.0 Å². The van der Waals surface area contributed by atoms with E-state index in [0.717, 1.165) is 4.90 Å². The molecule has 3 rings (SSSR count). The fraction of sp³-hybridized carbons (Fsp3) is 0.550. The maximum atomic E-state index is 13.1. The van der Waals surface area contributed by atoms with Gasteiger partial charge in [0.2, 0.25) is 0 Å². The van der Waals surface area contributed by atoms with Crippen LogP contribution in [-0.4, -0.2) is 63.1 Å². The van der Waals surface area contributed by atoms with Crippen LogP contribution >= 0.6 is 23.5 Å². The lowest BCUT2D eigenvalue weighted by Crippen LogP contribution is -2.59. The topological polar surface area (TPSA) is 138 Å². The molecule has 1 aliphatic heterocycles. The Hall–Kier alpha value is -1.64. The maximum Gasteiger partial charge on any atom is 0.280 e. The van der Waals surface area contributed by atoms with E-state index in [4.69, 9.17) is 4.52 Å². The lowest BCUT2D eigenvalue weighted by Gasteiger charge is -2.36. The van der Waals surface area contributed by atoms with Gasteiger partial charge in [-0.15, -0.1) is 23.5 Å². The van der Waals surface area contributed by atoms with Crippen molar-refractivity contribution in [2.24, 2.45) is 0 Å². The summed E-state index contributed by atoms with van der Waals surface area (Å²) in [6.45, 7) is 5.95. The third kappa shape index (κ3) is 7.17.